The second-order valence-electron chi connectivity index (χ2n) is 4.87. The molecule has 0 saturated heterocycles. The van der Waals surface area contributed by atoms with Gasteiger partial charge < -0.3 is 9.80 Å². The van der Waals surface area contributed by atoms with E-state index in [4.69, 9.17) is 5.41 Å². The van der Waals surface area contributed by atoms with Crippen molar-refractivity contribution in [3.8, 4) is 0 Å². The molecular formula is C18H19N3O. The maximum Gasteiger partial charge on any atom is 0.214 e. The third kappa shape index (κ3) is 4.06. The van der Waals surface area contributed by atoms with Gasteiger partial charge in [-0.05, 0) is 29.5 Å². The lowest BCUT2D eigenvalue weighted by atomic mass is 10.1. The Labute approximate surface area is 130 Å². The molecule has 4 nitrogen and oxygen atoms in total. The predicted octanol–water partition coefficient (Wildman–Crippen LogP) is 3.40. The van der Waals surface area contributed by atoms with E-state index < -0.39 is 0 Å². The number of rotatable bonds is 8. The molecule has 0 aliphatic heterocycles. The van der Waals surface area contributed by atoms with Gasteiger partial charge in [0.25, 0.3) is 0 Å². The number of hydrogen-bond donors (Lipinski definition) is 1. The Morgan fingerprint density at radius 2 is 1.73 bits per heavy atom. The molecule has 0 heterocycles. The van der Waals surface area contributed by atoms with E-state index in [0.717, 1.165) is 23.2 Å². The molecule has 0 spiro atoms. The summed E-state index contributed by atoms with van der Waals surface area (Å²) in [5, 5.41) is 7.30. The van der Waals surface area contributed by atoms with Crippen molar-refractivity contribution < 1.29 is 4.79 Å². The maximum absolute atomic E-state index is 11.4. The Kier molecular flexibility index (Phi) is 5.49. The van der Waals surface area contributed by atoms with Crippen LogP contribution in [0.2, 0.25) is 0 Å². The normalized spacial score (nSPS) is 9.82. The molecule has 0 bridgehead atoms. The third-order valence-corrected chi connectivity index (χ3v) is 3.33. The van der Waals surface area contributed by atoms with Crippen molar-refractivity contribution in [3.63, 3.8) is 0 Å². The molecule has 0 aliphatic rings. The minimum absolute atomic E-state index is 0.531. The zero-order chi connectivity index (χ0) is 15.8. The van der Waals surface area contributed by atoms with E-state index in [0.29, 0.717) is 13.1 Å². The number of amides is 1. The van der Waals surface area contributed by atoms with Crippen molar-refractivity contribution >= 4 is 18.4 Å². The van der Waals surface area contributed by atoms with Crippen LogP contribution in [0.15, 0.2) is 67.4 Å². The quantitative estimate of drug-likeness (QED) is 0.460. The molecule has 0 radical (unpaired) electrons. The Balaban J connectivity index is 2.17. The molecule has 0 aliphatic carbocycles. The van der Waals surface area contributed by atoms with Crippen molar-refractivity contribution in [1.29, 1.82) is 5.41 Å². The highest BCUT2D eigenvalue weighted by atomic mass is 16.1. The van der Waals surface area contributed by atoms with Crippen molar-refractivity contribution in [3.05, 3.63) is 78.5 Å². The fourth-order valence-corrected chi connectivity index (χ4v) is 2.18. The lowest BCUT2D eigenvalue weighted by Crippen LogP contribution is -2.21. The SMILES string of the molecule is C=CN(C=N)Cc1cccc(N(C=O)Cc2ccccc2)c1. The number of carbonyl (C=O) groups excluding carboxylic acids is 1. The molecule has 22 heavy (non-hydrogen) atoms. The average molecular weight is 293 g/mol. The first-order chi connectivity index (χ1) is 10.8. The van der Waals surface area contributed by atoms with Crippen LogP contribution in [-0.2, 0) is 17.9 Å². The van der Waals surface area contributed by atoms with E-state index in [1.54, 1.807) is 16.0 Å². The van der Waals surface area contributed by atoms with E-state index >= 15 is 0 Å². The number of nitrogens with zero attached hydrogens (tertiary/aromatic N) is 2. The van der Waals surface area contributed by atoms with Crippen LogP contribution < -0.4 is 4.90 Å². The van der Waals surface area contributed by atoms with Crippen LogP contribution >= 0.6 is 0 Å². The fourth-order valence-electron chi connectivity index (χ4n) is 2.18. The molecule has 0 unspecified atom stereocenters. The molecule has 2 aromatic carbocycles. The van der Waals surface area contributed by atoms with Gasteiger partial charge in [-0.15, -0.1) is 0 Å². The summed E-state index contributed by atoms with van der Waals surface area (Å²) in [6, 6.07) is 17.6. The van der Waals surface area contributed by atoms with Crippen LogP contribution in [-0.4, -0.2) is 17.6 Å². The van der Waals surface area contributed by atoms with Gasteiger partial charge in [-0.25, -0.2) is 0 Å². The highest BCUT2D eigenvalue weighted by Gasteiger charge is 2.07. The molecule has 0 aromatic heterocycles. The van der Waals surface area contributed by atoms with Crippen molar-refractivity contribution in [2.24, 2.45) is 0 Å². The molecule has 2 aromatic rings. The first kappa shape index (κ1) is 15.5. The predicted molar refractivity (Wildman–Crippen MR) is 89.7 cm³/mol. The van der Waals surface area contributed by atoms with E-state index in [1.807, 2.05) is 54.6 Å². The molecule has 1 N–H and O–H groups in total. The molecule has 0 fully saturated rings. The Morgan fingerprint density at radius 3 is 2.36 bits per heavy atom. The van der Waals surface area contributed by atoms with Gasteiger partial charge >= 0.3 is 0 Å². The number of benzene rings is 2. The second-order valence-corrected chi connectivity index (χ2v) is 4.87. The van der Waals surface area contributed by atoms with E-state index in [1.165, 1.54) is 6.34 Å². The zero-order valence-electron chi connectivity index (χ0n) is 12.4. The Bertz CT molecular complexity index is 632. The molecular weight excluding hydrogens is 274 g/mol. The van der Waals surface area contributed by atoms with Crippen LogP contribution in [0, 0.1) is 5.41 Å². The summed E-state index contributed by atoms with van der Waals surface area (Å²) < 4.78 is 0. The van der Waals surface area contributed by atoms with Gasteiger partial charge in [0.1, 0.15) is 0 Å². The zero-order valence-corrected chi connectivity index (χ0v) is 12.4. The molecule has 112 valence electrons. The summed E-state index contributed by atoms with van der Waals surface area (Å²) in [5.41, 5.74) is 2.93. The van der Waals surface area contributed by atoms with E-state index in [2.05, 4.69) is 6.58 Å². The van der Waals surface area contributed by atoms with E-state index in [-0.39, 0.29) is 0 Å². The van der Waals surface area contributed by atoms with Gasteiger partial charge in [-0.2, -0.15) is 0 Å². The van der Waals surface area contributed by atoms with Gasteiger partial charge in [0, 0.05) is 12.2 Å². The number of hydrogen-bond acceptors (Lipinski definition) is 2. The summed E-state index contributed by atoms with van der Waals surface area (Å²) >= 11 is 0. The maximum atomic E-state index is 11.4. The monoisotopic (exact) mass is 293 g/mol. The topological polar surface area (TPSA) is 47.4 Å². The fraction of sp³-hybridized carbons (Fsp3) is 0.111. The van der Waals surface area contributed by atoms with E-state index in [9.17, 15) is 4.79 Å². The first-order valence-electron chi connectivity index (χ1n) is 7.00. The molecule has 2 rings (SSSR count). The highest BCUT2D eigenvalue weighted by Crippen LogP contribution is 2.18. The summed E-state index contributed by atoms with van der Waals surface area (Å²) in [4.78, 5) is 14.8. The standard InChI is InChI=1S/C18H19N3O/c1-2-20(14-19)12-17-9-6-10-18(11-17)21(15-22)13-16-7-4-3-5-8-16/h2-11,14-15,19H,1,12-13H2. The van der Waals surface area contributed by atoms with Gasteiger partial charge in [0.2, 0.25) is 6.41 Å². The molecule has 4 heteroatoms. The van der Waals surface area contributed by atoms with Crippen molar-refractivity contribution in [2.75, 3.05) is 4.90 Å². The molecule has 0 atom stereocenters. The summed E-state index contributed by atoms with van der Waals surface area (Å²) in [6.07, 6.45) is 3.66. The van der Waals surface area contributed by atoms with Gasteiger partial charge in [0.15, 0.2) is 0 Å². The van der Waals surface area contributed by atoms with Crippen LogP contribution in [0.3, 0.4) is 0 Å². The van der Waals surface area contributed by atoms with Crippen LogP contribution in [0.1, 0.15) is 11.1 Å². The van der Waals surface area contributed by atoms with Gasteiger partial charge in [-0.3, -0.25) is 10.2 Å². The smallest absolute Gasteiger partial charge is 0.214 e. The number of anilines is 1. The second kappa shape index (κ2) is 7.78. The average Bonchev–Trinajstić information content (AvgIpc) is 2.58. The lowest BCUT2D eigenvalue weighted by molar-refractivity contribution is -0.107. The van der Waals surface area contributed by atoms with Crippen LogP contribution in [0.4, 0.5) is 5.69 Å². The van der Waals surface area contributed by atoms with Crippen LogP contribution in [0.25, 0.3) is 0 Å². The number of nitrogens with one attached hydrogen (secondary N) is 1. The molecule has 1 amide bonds. The largest absolute Gasteiger partial charge is 0.336 e. The highest BCUT2D eigenvalue weighted by molar-refractivity contribution is 5.75. The van der Waals surface area contributed by atoms with Crippen molar-refractivity contribution in [1.82, 2.24) is 4.90 Å². The van der Waals surface area contributed by atoms with Crippen LogP contribution in [0.5, 0.6) is 0 Å². The van der Waals surface area contributed by atoms with Gasteiger partial charge in [-0.1, -0.05) is 49.0 Å². The Morgan fingerprint density at radius 1 is 1.00 bits per heavy atom. The summed E-state index contributed by atoms with van der Waals surface area (Å²) in [6.45, 7) is 4.75. The van der Waals surface area contributed by atoms with Crippen molar-refractivity contribution in [2.45, 2.75) is 13.1 Å². The third-order valence-electron chi connectivity index (χ3n) is 3.33. The van der Waals surface area contributed by atoms with Gasteiger partial charge in [0.05, 0.1) is 12.9 Å². The minimum atomic E-state index is 0.531. The molecule has 0 saturated carbocycles. The number of carbonyl (C=O) groups is 1. The summed E-state index contributed by atoms with van der Waals surface area (Å²) in [5.74, 6) is 0. The lowest BCUT2D eigenvalue weighted by Gasteiger charge is -2.19. The first-order valence-corrected chi connectivity index (χ1v) is 7.00. The Hall–Kier alpha value is -2.88. The minimum Gasteiger partial charge on any atom is -0.336 e. The summed E-state index contributed by atoms with van der Waals surface area (Å²) in [7, 11) is 0.